The fourth-order valence-corrected chi connectivity index (χ4v) is 10.6. The van der Waals surface area contributed by atoms with Crippen LogP contribution in [0.15, 0.2) is 121 Å². The third-order valence-electron chi connectivity index (χ3n) is 10.8. The number of benzene rings is 6. The molecule has 1 nitrogen and oxygen atoms in total. The van der Waals surface area contributed by atoms with E-state index in [1.54, 1.807) is 0 Å². The van der Waals surface area contributed by atoms with E-state index in [-0.39, 0.29) is 0 Å². The molecule has 1 aliphatic carbocycles. The molecule has 6 aromatic carbocycles. The van der Waals surface area contributed by atoms with E-state index in [9.17, 15) is 0 Å². The fraction of sp³-hybridized carbons (Fsp3) is 0.130. The number of allylic oxidation sites excluding steroid dienone is 1. The molecule has 236 valence electrons. The number of hydrogen-bond acceptors (Lipinski definition) is 2. The molecule has 1 atom stereocenters. The first-order valence-corrected chi connectivity index (χ1v) is 19.0. The fourth-order valence-electron chi connectivity index (χ4n) is 8.39. The Morgan fingerprint density at radius 2 is 1.37 bits per heavy atom. The van der Waals surface area contributed by atoms with E-state index in [1.165, 1.54) is 102 Å². The number of rotatable bonds is 4. The van der Waals surface area contributed by atoms with E-state index in [0.29, 0.717) is 5.92 Å². The van der Waals surface area contributed by atoms with Crippen LogP contribution in [0.1, 0.15) is 48.6 Å². The molecule has 0 aliphatic heterocycles. The normalized spacial score (nSPS) is 14.6. The Morgan fingerprint density at radius 1 is 0.653 bits per heavy atom. The Kier molecular flexibility index (Phi) is 6.53. The van der Waals surface area contributed by atoms with E-state index in [4.69, 9.17) is 0 Å². The van der Waals surface area contributed by atoms with Crippen LogP contribution < -0.4 is 0 Å². The van der Waals surface area contributed by atoms with Crippen LogP contribution in [0.3, 0.4) is 0 Å². The topological polar surface area (TPSA) is 4.93 Å². The lowest BCUT2D eigenvalue weighted by Crippen LogP contribution is -2.03. The van der Waals surface area contributed by atoms with Gasteiger partial charge in [-0.3, -0.25) is 0 Å². The standard InChI is InChI=1S/C46H35NS2/c1-4-29-16-17-30(31-18-22-42-38(26-31)34-11-5-7-14-40(34)48-42)25-37(29)33-20-19-32(24-28(33)3)47-39-13-9-10-27(2)44(39)36-21-23-43-45(46(36)47)35-12-6-8-15-41(35)49-43/h5-9,11-27H,4,10H2,1-3H3. The van der Waals surface area contributed by atoms with Gasteiger partial charge in [-0.05, 0) is 119 Å². The highest BCUT2D eigenvalue weighted by atomic mass is 32.1. The van der Waals surface area contributed by atoms with Crippen LogP contribution in [0.25, 0.3) is 85.3 Å². The van der Waals surface area contributed by atoms with E-state index >= 15 is 0 Å². The quantitative estimate of drug-likeness (QED) is 0.176. The van der Waals surface area contributed by atoms with Gasteiger partial charge in [0.1, 0.15) is 0 Å². The molecule has 1 unspecified atom stereocenters. The summed E-state index contributed by atoms with van der Waals surface area (Å²) in [4.78, 5) is 0. The van der Waals surface area contributed by atoms with Gasteiger partial charge in [0.15, 0.2) is 0 Å². The third-order valence-corrected chi connectivity index (χ3v) is 13.1. The summed E-state index contributed by atoms with van der Waals surface area (Å²) < 4.78 is 7.96. The van der Waals surface area contributed by atoms with Crippen molar-refractivity contribution in [3.8, 4) is 27.9 Å². The minimum absolute atomic E-state index is 0.479. The SMILES string of the molecule is CCc1ccc(-c2ccc3sc4ccccc4c3c2)cc1-c1ccc(-n2c3c(c4ccc5sc6ccccc6c5c42)C(C)CC=C3)cc1C. The van der Waals surface area contributed by atoms with Gasteiger partial charge in [-0.25, -0.2) is 0 Å². The molecule has 3 aromatic heterocycles. The number of aryl methyl sites for hydroxylation is 2. The van der Waals surface area contributed by atoms with E-state index in [0.717, 1.165) is 12.8 Å². The second-order valence-electron chi connectivity index (χ2n) is 13.6. The molecule has 0 radical (unpaired) electrons. The van der Waals surface area contributed by atoms with Crippen molar-refractivity contribution < 1.29 is 0 Å². The monoisotopic (exact) mass is 665 g/mol. The Bertz CT molecular complexity index is 2820. The molecule has 3 heterocycles. The van der Waals surface area contributed by atoms with Gasteiger partial charge in [0.2, 0.25) is 0 Å². The van der Waals surface area contributed by atoms with Crippen LogP contribution >= 0.6 is 22.7 Å². The lowest BCUT2D eigenvalue weighted by atomic mass is 9.90. The van der Waals surface area contributed by atoms with Gasteiger partial charge < -0.3 is 4.57 Å². The summed E-state index contributed by atoms with van der Waals surface area (Å²) in [6, 6.07) is 43.6. The highest BCUT2D eigenvalue weighted by Crippen LogP contribution is 2.46. The van der Waals surface area contributed by atoms with Crippen molar-refractivity contribution in [1.82, 2.24) is 4.57 Å². The Balaban J connectivity index is 1.15. The van der Waals surface area contributed by atoms with Crippen molar-refractivity contribution in [2.75, 3.05) is 0 Å². The zero-order chi connectivity index (χ0) is 32.8. The minimum atomic E-state index is 0.479. The second kappa shape index (κ2) is 11.0. The predicted molar refractivity (Wildman–Crippen MR) is 216 cm³/mol. The Morgan fingerprint density at radius 3 is 2.20 bits per heavy atom. The zero-order valence-corrected chi connectivity index (χ0v) is 29.5. The van der Waals surface area contributed by atoms with Crippen molar-refractivity contribution in [3.05, 3.63) is 144 Å². The Labute approximate surface area is 294 Å². The number of aromatic nitrogens is 1. The summed E-state index contributed by atoms with van der Waals surface area (Å²) in [6.07, 6.45) is 6.80. The average Bonchev–Trinajstić information content (AvgIpc) is 3.81. The number of thiophene rings is 2. The molecule has 0 amide bonds. The van der Waals surface area contributed by atoms with E-state index in [2.05, 4.69) is 153 Å². The van der Waals surface area contributed by atoms with Gasteiger partial charge in [-0.15, -0.1) is 22.7 Å². The average molecular weight is 666 g/mol. The summed E-state index contributed by atoms with van der Waals surface area (Å²) in [6.45, 7) is 6.95. The first-order chi connectivity index (χ1) is 24.1. The van der Waals surface area contributed by atoms with Gasteiger partial charge in [-0.1, -0.05) is 86.7 Å². The molecular formula is C46H35NS2. The first kappa shape index (κ1) is 29.0. The van der Waals surface area contributed by atoms with Crippen LogP contribution in [0.2, 0.25) is 0 Å². The summed E-state index contributed by atoms with van der Waals surface area (Å²) in [5.74, 6) is 0.479. The van der Waals surface area contributed by atoms with Crippen molar-refractivity contribution >= 4 is 80.0 Å². The molecule has 9 aromatic rings. The maximum Gasteiger partial charge on any atom is 0.0630 e. The molecule has 0 saturated heterocycles. The first-order valence-electron chi connectivity index (χ1n) is 17.4. The molecule has 0 N–H and O–H groups in total. The largest absolute Gasteiger partial charge is 0.309 e. The van der Waals surface area contributed by atoms with Crippen molar-refractivity contribution in [2.45, 2.75) is 39.5 Å². The van der Waals surface area contributed by atoms with E-state index in [1.807, 2.05) is 22.7 Å². The number of nitrogens with zero attached hydrogens (tertiary/aromatic N) is 1. The van der Waals surface area contributed by atoms with Gasteiger partial charge in [-0.2, -0.15) is 0 Å². The summed E-state index contributed by atoms with van der Waals surface area (Å²) >= 11 is 3.78. The maximum absolute atomic E-state index is 2.56. The Hall–Kier alpha value is -4.96. The minimum Gasteiger partial charge on any atom is -0.309 e. The molecule has 49 heavy (non-hydrogen) atoms. The number of hydrogen-bond donors (Lipinski definition) is 0. The van der Waals surface area contributed by atoms with Gasteiger partial charge in [0.05, 0.1) is 11.2 Å². The summed E-state index contributed by atoms with van der Waals surface area (Å²) in [5, 5.41) is 6.81. The maximum atomic E-state index is 2.56. The zero-order valence-electron chi connectivity index (χ0n) is 27.9. The van der Waals surface area contributed by atoms with Crippen molar-refractivity contribution in [2.24, 2.45) is 0 Å². The van der Waals surface area contributed by atoms with Gasteiger partial charge in [0, 0.05) is 51.4 Å². The number of fused-ring (bicyclic) bond motifs is 10. The van der Waals surface area contributed by atoms with Crippen LogP contribution in [-0.2, 0) is 6.42 Å². The molecule has 0 saturated carbocycles. The van der Waals surface area contributed by atoms with Gasteiger partial charge in [0.25, 0.3) is 0 Å². The van der Waals surface area contributed by atoms with Crippen molar-refractivity contribution in [1.29, 1.82) is 0 Å². The summed E-state index contributed by atoms with van der Waals surface area (Å²) in [7, 11) is 0. The third kappa shape index (κ3) is 4.35. The van der Waals surface area contributed by atoms with Crippen LogP contribution in [0.4, 0.5) is 0 Å². The highest BCUT2D eigenvalue weighted by molar-refractivity contribution is 7.26. The van der Waals surface area contributed by atoms with Crippen LogP contribution in [-0.4, -0.2) is 4.57 Å². The van der Waals surface area contributed by atoms with Crippen molar-refractivity contribution in [3.63, 3.8) is 0 Å². The summed E-state index contributed by atoms with van der Waals surface area (Å²) in [5.41, 5.74) is 13.3. The molecule has 1 aliphatic rings. The molecule has 3 heteroatoms. The molecule has 0 spiro atoms. The molecule has 10 rings (SSSR count). The highest BCUT2D eigenvalue weighted by Gasteiger charge is 2.26. The second-order valence-corrected chi connectivity index (χ2v) is 15.8. The van der Waals surface area contributed by atoms with E-state index < -0.39 is 0 Å². The molecular weight excluding hydrogens is 631 g/mol. The lowest BCUT2D eigenvalue weighted by molar-refractivity contribution is 0.773. The lowest BCUT2D eigenvalue weighted by Gasteiger charge is -2.18. The van der Waals surface area contributed by atoms with Crippen LogP contribution in [0.5, 0.6) is 0 Å². The smallest absolute Gasteiger partial charge is 0.0630 e. The molecule has 0 fully saturated rings. The van der Waals surface area contributed by atoms with Gasteiger partial charge >= 0.3 is 0 Å². The van der Waals surface area contributed by atoms with Crippen LogP contribution in [0, 0.1) is 6.92 Å². The molecule has 0 bridgehead atoms. The predicted octanol–water partition coefficient (Wildman–Crippen LogP) is 14.1.